The fourth-order valence-corrected chi connectivity index (χ4v) is 4.83. The van der Waals surface area contributed by atoms with E-state index in [4.69, 9.17) is 0 Å². The molecule has 0 saturated carbocycles. The zero-order chi connectivity index (χ0) is 22.5. The van der Waals surface area contributed by atoms with Crippen LogP contribution in [0.3, 0.4) is 0 Å². The second-order valence-electron chi connectivity index (χ2n) is 6.80. The molecule has 0 unspecified atom stereocenters. The van der Waals surface area contributed by atoms with Gasteiger partial charge in [0.15, 0.2) is 5.16 Å². The number of phenols is 1. The number of nitrogens with zero attached hydrogens (tertiary/aromatic N) is 3. The molecule has 0 aliphatic rings. The van der Waals surface area contributed by atoms with Gasteiger partial charge in [-0.15, -0.1) is 11.3 Å². The van der Waals surface area contributed by atoms with Gasteiger partial charge in [0.1, 0.15) is 10.6 Å². The van der Waals surface area contributed by atoms with Crippen LogP contribution in [-0.2, 0) is 11.2 Å². The van der Waals surface area contributed by atoms with Gasteiger partial charge in [0, 0.05) is 10.4 Å². The molecule has 4 aromatic rings. The Kier molecular flexibility index (Phi) is 6.67. The molecule has 0 spiro atoms. The average molecular weight is 465 g/mol. The number of hydrogen-bond acceptors (Lipinski definition) is 7. The first kappa shape index (κ1) is 21.8. The fourth-order valence-electron chi connectivity index (χ4n) is 3.02. The smallest absolute Gasteiger partial charge is 0.267 e. The van der Waals surface area contributed by atoms with E-state index >= 15 is 0 Å². The lowest BCUT2D eigenvalue weighted by atomic mass is 10.2. The van der Waals surface area contributed by atoms with Crippen molar-refractivity contribution < 1.29 is 9.90 Å². The summed E-state index contributed by atoms with van der Waals surface area (Å²) in [5.41, 5.74) is 3.47. The lowest BCUT2D eigenvalue weighted by molar-refractivity contribution is -0.118. The molecule has 0 bridgehead atoms. The summed E-state index contributed by atoms with van der Waals surface area (Å²) in [6.45, 7) is 2.04. The number of thiophene rings is 1. The van der Waals surface area contributed by atoms with Crippen LogP contribution in [-0.4, -0.2) is 32.5 Å². The minimum absolute atomic E-state index is 0.0227. The lowest BCUT2D eigenvalue weighted by Gasteiger charge is -2.11. The molecule has 0 aliphatic heterocycles. The summed E-state index contributed by atoms with van der Waals surface area (Å²) >= 11 is 2.66. The summed E-state index contributed by atoms with van der Waals surface area (Å²) in [5.74, 6) is -0.253. The predicted octanol–water partition coefficient (Wildman–Crippen LogP) is 3.96. The van der Waals surface area contributed by atoms with Crippen LogP contribution in [0.15, 0.2) is 75.7 Å². The van der Waals surface area contributed by atoms with E-state index in [0.29, 0.717) is 26.6 Å². The van der Waals surface area contributed by atoms with Gasteiger partial charge in [0.25, 0.3) is 11.5 Å². The van der Waals surface area contributed by atoms with Crippen molar-refractivity contribution in [2.24, 2.45) is 5.10 Å². The maximum Gasteiger partial charge on any atom is 0.267 e. The number of carbonyl (C=O) groups excluding carboxylic acids is 1. The first-order valence-electron chi connectivity index (χ1n) is 9.90. The van der Waals surface area contributed by atoms with Crippen molar-refractivity contribution in [3.63, 3.8) is 0 Å². The topological polar surface area (TPSA) is 96.6 Å². The summed E-state index contributed by atoms with van der Waals surface area (Å²) in [7, 11) is 0. The van der Waals surface area contributed by atoms with Crippen LogP contribution < -0.4 is 11.0 Å². The molecule has 0 saturated heterocycles. The number of phenolic OH excluding ortho intramolecular Hbond substituents is 1. The van der Waals surface area contributed by atoms with Crippen LogP contribution in [0.1, 0.15) is 17.4 Å². The number of rotatable bonds is 7. The quantitative estimate of drug-likeness (QED) is 0.187. The van der Waals surface area contributed by atoms with Crippen molar-refractivity contribution in [2.45, 2.75) is 18.5 Å². The summed E-state index contributed by atoms with van der Waals surface area (Å²) < 4.78 is 1.54. The molecule has 0 radical (unpaired) electrons. The van der Waals surface area contributed by atoms with Gasteiger partial charge in [-0.05, 0) is 36.8 Å². The largest absolute Gasteiger partial charge is 0.507 e. The number of thioether (sulfide) groups is 1. The summed E-state index contributed by atoms with van der Waals surface area (Å²) in [4.78, 5) is 32.0. The van der Waals surface area contributed by atoms with Crippen LogP contribution in [0.25, 0.3) is 15.9 Å². The third-order valence-corrected chi connectivity index (χ3v) is 6.72. The standard InChI is InChI=1S/C23H20N4O3S2/c1-2-17-12-18-21(32-17)25-23(27(22(18)30)16-9-4-3-5-10-16)31-14-20(29)26-24-13-15-8-6-7-11-19(15)28/h3-13,28H,2,14H2,1H3,(H,26,29)/b24-13-. The molecule has 1 amide bonds. The number of fused-ring (bicyclic) bond motifs is 1. The molecular weight excluding hydrogens is 444 g/mol. The Balaban J connectivity index is 1.57. The second-order valence-corrected chi connectivity index (χ2v) is 8.85. The van der Waals surface area contributed by atoms with Crippen LogP contribution in [0, 0.1) is 0 Å². The highest BCUT2D eigenvalue weighted by atomic mass is 32.2. The van der Waals surface area contributed by atoms with E-state index in [1.165, 1.54) is 39.9 Å². The Bertz CT molecular complexity index is 1350. The third kappa shape index (κ3) is 4.74. The van der Waals surface area contributed by atoms with Crippen molar-refractivity contribution in [3.8, 4) is 11.4 Å². The van der Waals surface area contributed by atoms with Gasteiger partial charge < -0.3 is 5.11 Å². The third-order valence-electron chi connectivity index (χ3n) is 4.61. The molecule has 2 heterocycles. The second kappa shape index (κ2) is 9.80. The highest BCUT2D eigenvalue weighted by Crippen LogP contribution is 2.26. The molecule has 2 aromatic carbocycles. The number of hydrazone groups is 1. The molecular formula is C23H20N4O3S2. The molecule has 9 heteroatoms. The number of amides is 1. The Morgan fingerprint density at radius 2 is 1.97 bits per heavy atom. The number of benzene rings is 2. The fraction of sp³-hybridized carbons (Fsp3) is 0.130. The highest BCUT2D eigenvalue weighted by Gasteiger charge is 2.16. The van der Waals surface area contributed by atoms with Crippen LogP contribution >= 0.6 is 23.1 Å². The van der Waals surface area contributed by atoms with Crippen LogP contribution in [0.4, 0.5) is 0 Å². The Morgan fingerprint density at radius 1 is 1.22 bits per heavy atom. The zero-order valence-corrected chi connectivity index (χ0v) is 18.8. The number of aromatic nitrogens is 2. The number of aromatic hydroxyl groups is 1. The first-order valence-corrected chi connectivity index (χ1v) is 11.7. The first-order chi connectivity index (χ1) is 15.6. The van der Waals surface area contributed by atoms with Gasteiger partial charge in [-0.3, -0.25) is 14.2 Å². The summed E-state index contributed by atoms with van der Waals surface area (Å²) in [6.07, 6.45) is 2.20. The van der Waals surface area contributed by atoms with Gasteiger partial charge in [-0.25, -0.2) is 10.4 Å². The van der Waals surface area contributed by atoms with Gasteiger partial charge >= 0.3 is 0 Å². The Hall–Kier alpha value is -3.43. The summed E-state index contributed by atoms with van der Waals surface area (Å²) in [6, 6.07) is 17.8. The molecule has 0 atom stereocenters. The molecule has 32 heavy (non-hydrogen) atoms. The van der Waals surface area contributed by atoms with Gasteiger partial charge in [-0.1, -0.05) is 49.0 Å². The molecule has 2 N–H and O–H groups in total. The van der Waals surface area contributed by atoms with Crippen molar-refractivity contribution in [3.05, 3.63) is 81.5 Å². The number of carbonyl (C=O) groups is 1. The van der Waals surface area contributed by atoms with Crippen molar-refractivity contribution >= 4 is 45.4 Å². The van der Waals surface area contributed by atoms with Crippen LogP contribution in [0.2, 0.25) is 0 Å². The molecule has 2 aromatic heterocycles. The average Bonchev–Trinajstić information content (AvgIpc) is 3.23. The molecule has 7 nitrogen and oxygen atoms in total. The van der Waals surface area contributed by atoms with Crippen molar-refractivity contribution in [1.29, 1.82) is 0 Å². The SMILES string of the molecule is CCc1cc2c(=O)n(-c3ccccc3)c(SCC(=O)N/N=C\c3ccccc3O)nc2s1. The monoisotopic (exact) mass is 464 g/mol. The molecule has 4 rings (SSSR count). The van der Waals surface area contributed by atoms with E-state index in [0.717, 1.165) is 11.3 Å². The van der Waals surface area contributed by atoms with Gasteiger partial charge in [0.05, 0.1) is 23.0 Å². The number of nitrogens with one attached hydrogen (secondary N) is 1. The number of hydrogen-bond donors (Lipinski definition) is 2. The van der Waals surface area contributed by atoms with Crippen molar-refractivity contribution in [2.75, 3.05) is 5.75 Å². The maximum atomic E-state index is 13.3. The summed E-state index contributed by atoms with van der Waals surface area (Å²) in [5, 5.41) is 14.7. The van der Waals surface area contributed by atoms with E-state index in [2.05, 4.69) is 15.5 Å². The van der Waals surface area contributed by atoms with E-state index in [1.54, 1.807) is 18.2 Å². The van der Waals surface area contributed by atoms with Crippen LogP contribution in [0.5, 0.6) is 5.75 Å². The zero-order valence-electron chi connectivity index (χ0n) is 17.2. The minimum atomic E-state index is -0.351. The van der Waals surface area contributed by atoms with Gasteiger partial charge in [-0.2, -0.15) is 5.10 Å². The Labute approximate surface area is 192 Å². The van der Waals surface area contributed by atoms with E-state index in [9.17, 15) is 14.7 Å². The maximum absolute atomic E-state index is 13.3. The van der Waals surface area contributed by atoms with Gasteiger partial charge in [0.2, 0.25) is 0 Å². The molecule has 0 aliphatic carbocycles. The number of aryl methyl sites for hydroxylation is 1. The predicted molar refractivity (Wildman–Crippen MR) is 129 cm³/mol. The van der Waals surface area contributed by atoms with Crippen molar-refractivity contribution in [1.82, 2.24) is 15.0 Å². The minimum Gasteiger partial charge on any atom is -0.507 e. The Morgan fingerprint density at radius 3 is 2.72 bits per heavy atom. The lowest BCUT2D eigenvalue weighted by Crippen LogP contribution is -2.23. The normalized spacial score (nSPS) is 11.3. The highest BCUT2D eigenvalue weighted by molar-refractivity contribution is 7.99. The number of para-hydroxylation sites is 2. The van der Waals surface area contributed by atoms with E-state index < -0.39 is 0 Å². The van der Waals surface area contributed by atoms with E-state index in [-0.39, 0.29) is 23.0 Å². The molecule has 162 valence electrons. The van der Waals surface area contributed by atoms with E-state index in [1.807, 2.05) is 43.3 Å². The molecule has 0 fully saturated rings.